The van der Waals surface area contributed by atoms with E-state index >= 15 is 0 Å². The summed E-state index contributed by atoms with van der Waals surface area (Å²) in [7, 11) is 1.38. The fourth-order valence-corrected chi connectivity index (χ4v) is 6.23. The molecule has 2 aromatic carbocycles. The number of hydrogen-bond donors (Lipinski definition) is 0. The molecule has 0 aromatic heterocycles. The minimum absolute atomic E-state index is 0.127. The van der Waals surface area contributed by atoms with Gasteiger partial charge in [0.05, 0.1) is 19.1 Å². The minimum atomic E-state index is -1.36. The zero-order valence-corrected chi connectivity index (χ0v) is 17.7. The van der Waals surface area contributed by atoms with Crippen molar-refractivity contribution in [2.45, 2.75) is 55.6 Å². The van der Waals surface area contributed by atoms with Crippen molar-refractivity contribution in [1.29, 1.82) is 0 Å². The van der Waals surface area contributed by atoms with Gasteiger partial charge in [-0.1, -0.05) is 67.6 Å². The first kappa shape index (κ1) is 20.5. The first-order chi connectivity index (χ1) is 14.4. The lowest BCUT2D eigenvalue weighted by Gasteiger charge is -2.35. The van der Waals surface area contributed by atoms with Gasteiger partial charge in [0.2, 0.25) is 5.54 Å². The van der Waals surface area contributed by atoms with Crippen molar-refractivity contribution in [2.75, 3.05) is 13.7 Å². The molecule has 0 spiro atoms. The van der Waals surface area contributed by atoms with E-state index in [-0.39, 0.29) is 16.8 Å². The van der Waals surface area contributed by atoms with Gasteiger partial charge in [0.1, 0.15) is 5.54 Å². The van der Waals surface area contributed by atoms with E-state index in [1.807, 2.05) is 67.6 Å². The molecule has 6 nitrogen and oxygen atoms in total. The second kappa shape index (κ2) is 7.51. The van der Waals surface area contributed by atoms with Gasteiger partial charge in [-0.15, -0.1) is 0 Å². The molecule has 30 heavy (non-hydrogen) atoms. The summed E-state index contributed by atoms with van der Waals surface area (Å²) in [6.45, 7) is 4.40. The van der Waals surface area contributed by atoms with E-state index in [1.54, 1.807) is 6.92 Å². The Kier molecular flexibility index (Phi) is 5.14. The van der Waals surface area contributed by atoms with E-state index < -0.39 is 23.0 Å². The van der Waals surface area contributed by atoms with E-state index in [2.05, 4.69) is 4.90 Å². The molecule has 2 fully saturated rings. The Labute approximate surface area is 177 Å². The van der Waals surface area contributed by atoms with Gasteiger partial charge < -0.3 is 4.74 Å². The molecule has 2 aliphatic heterocycles. The Morgan fingerprint density at radius 2 is 1.77 bits per heavy atom. The van der Waals surface area contributed by atoms with Crippen molar-refractivity contribution in [2.24, 2.45) is 0 Å². The van der Waals surface area contributed by atoms with Gasteiger partial charge in [-0.2, -0.15) is 0 Å². The predicted octanol–water partition coefficient (Wildman–Crippen LogP) is 4.00. The molecule has 0 radical (unpaired) electrons. The van der Waals surface area contributed by atoms with Gasteiger partial charge >= 0.3 is 5.97 Å². The molecular weight excluding hydrogens is 380 g/mol. The molecule has 0 aliphatic carbocycles. The molecule has 4 rings (SSSR count). The summed E-state index contributed by atoms with van der Waals surface area (Å²) in [4.78, 5) is 28.0. The fourth-order valence-electron chi connectivity index (χ4n) is 6.23. The number of ether oxygens (including phenoxy) is 1. The molecule has 2 aromatic rings. The number of fused-ring (bicyclic) bond motifs is 1. The van der Waals surface area contributed by atoms with Crippen molar-refractivity contribution in [1.82, 2.24) is 4.90 Å². The van der Waals surface area contributed by atoms with E-state index in [0.29, 0.717) is 13.0 Å². The summed E-state index contributed by atoms with van der Waals surface area (Å²) in [6.07, 6.45) is 1.37. The highest BCUT2D eigenvalue weighted by molar-refractivity contribution is 5.84. The number of hydrogen-bond acceptors (Lipinski definition) is 5. The SMILES string of the molecule is COC(=O)[C@]12CCCN1[C@@H](C(C)c1ccccc1)[C@@](C)([N+](=O)[O-])[C@@H]2c1ccccc1. The van der Waals surface area contributed by atoms with Crippen molar-refractivity contribution in [3.8, 4) is 0 Å². The van der Waals surface area contributed by atoms with Crippen LogP contribution in [-0.4, -0.2) is 46.6 Å². The molecule has 6 heteroatoms. The highest BCUT2D eigenvalue weighted by Gasteiger charge is 2.76. The lowest BCUT2D eigenvalue weighted by molar-refractivity contribution is -0.572. The number of carbonyl (C=O) groups excluding carboxylic acids is 1. The molecule has 0 bridgehead atoms. The highest BCUT2D eigenvalue weighted by atomic mass is 16.6. The Bertz CT molecular complexity index is 935. The first-order valence-corrected chi connectivity index (χ1v) is 10.5. The second-order valence-corrected chi connectivity index (χ2v) is 8.68. The monoisotopic (exact) mass is 408 g/mol. The smallest absolute Gasteiger partial charge is 0.327 e. The Hall–Kier alpha value is -2.73. The van der Waals surface area contributed by atoms with Gasteiger partial charge in [0.15, 0.2) is 0 Å². The number of carbonyl (C=O) groups is 1. The summed E-state index contributed by atoms with van der Waals surface area (Å²) >= 11 is 0. The summed E-state index contributed by atoms with van der Waals surface area (Å²) in [5.74, 6) is -1.10. The van der Waals surface area contributed by atoms with Crippen LogP contribution in [0.5, 0.6) is 0 Å². The number of benzene rings is 2. The van der Waals surface area contributed by atoms with Crippen LogP contribution in [0.2, 0.25) is 0 Å². The molecule has 2 aliphatic rings. The summed E-state index contributed by atoms with van der Waals surface area (Å²) in [5.41, 5.74) is -0.539. The number of esters is 1. The lowest BCUT2D eigenvalue weighted by Crippen LogP contribution is -2.52. The van der Waals surface area contributed by atoms with Crippen LogP contribution in [0.3, 0.4) is 0 Å². The topological polar surface area (TPSA) is 72.7 Å². The Morgan fingerprint density at radius 3 is 2.33 bits per heavy atom. The van der Waals surface area contributed by atoms with Crippen LogP contribution in [-0.2, 0) is 9.53 Å². The molecular formula is C24H28N2O4. The maximum atomic E-state index is 13.3. The summed E-state index contributed by atoms with van der Waals surface area (Å²) in [5, 5.41) is 12.8. The summed E-state index contributed by atoms with van der Waals surface area (Å²) in [6, 6.07) is 18.9. The maximum Gasteiger partial charge on any atom is 0.327 e. The lowest BCUT2D eigenvalue weighted by atomic mass is 9.67. The second-order valence-electron chi connectivity index (χ2n) is 8.68. The van der Waals surface area contributed by atoms with Crippen LogP contribution in [0.4, 0.5) is 0 Å². The van der Waals surface area contributed by atoms with Crippen LogP contribution >= 0.6 is 0 Å². The van der Waals surface area contributed by atoms with Crippen molar-refractivity contribution in [3.05, 3.63) is 81.9 Å². The summed E-state index contributed by atoms with van der Waals surface area (Å²) < 4.78 is 5.29. The quantitative estimate of drug-likeness (QED) is 0.425. The number of nitrogens with zero attached hydrogens (tertiary/aromatic N) is 2. The van der Waals surface area contributed by atoms with E-state index in [0.717, 1.165) is 17.5 Å². The molecule has 0 amide bonds. The van der Waals surface area contributed by atoms with Gasteiger partial charge in [-0.3, -0.25) is 19.8 Å². The van der Waals surface area contributed by atoms with E-state index in [4.69, 9.17) is 4.74 Å². The third kappa shape index (κ3) is 2.70. The van der Waals surface area contributed by atoms with Crippen LogP contribution in [0.1, 0.15) is 49.7 Å². The third-order valence-electron chi connectivity index (χ3n) is 7.33. The fraction of sp³-hybridized carbons (Fsp3) is 0.458. The van der Waals surface area contributed by atoms with E-state index in [9.17, 15) is 14.9 Å². The predicted molar refractivity (Wildman–Crippen MR) is 114 cm³/mol. The zero-order valence-electron chi connectivity index (χ0n) is 17.7. The van der Waals surface area contributed by atoms with Crippen molar-refractivity contribution in [3.63, 3.8) is 0 Å². The van der Waals surface area contributed by atoms with Crippen LogP contribution in [0.25, 0.3) is 0 Å². The average Bonchev–Trinajstić information content (AvgIpc) is 3.28. The Balaban J connectivity index is 1.97. The Morgan fingerprint density at radius 1 is 1.17 bits per heavy atom. The maximum absolute atomic E-state index is 13.3. The average molecular weight is 408 g/mol. The largest absolute Gasteiger partial charge is 0.468 e. The molecule has 0 N–H and O–H groups in total. The van der Waals surface area contributed by atoms with Gasteiger partial charge in [0.25, 0.3) is 0 Å². The number of rotatable bonds is 5. The molecule has 1 unspecified atom stereocenters. The molecule has 2 saturated heterocycles. The van der Waals surface area contributed by atoms with Gasteiger partial charge in [0, 0.05) is 17.8 Å². The van der Waals surface area contributed by atoms with Crippen LogP contribution in [0, 0.1) is 10.1 Å². The number of methoxy groups -OCH3 is 1. The van der Waals surface area contributed by atoms with Gasteiger partial charge in [-0.05, 0) is 30.5 Å². The molecule has 158 valence electrons. The van der Waals surface area contributed by atoms with Gasteiger partial charge in [-0.25, -0.2) is 0 Å². The standard InChI is InChI=1S/C24H28N2O4/c1-17(18-11-6-4-7-12-18)21-23(2,26(28)29)20(19-13-8-5-9-14-19)24(22(27)30-3)15-10-16-25(21)24/h4-9,11-14,17,20-21H,10,15-16H2,1-3H3/t17?,20-,21-,23-,24+/m0/s1. The van der Waals surface area contributed by atoms with Crippen molar-refractivity contribution < 1.29 is 14.5 Å². The first-order valence-electron chi connectivity index (χ1n) is 10.5. The third-order valence-corrected chi connectivity index (χ3v) is 7.33. The zero-order chi connectivity index (χ0) is 21.5. The normalized spacial score (nSPS) is 31.8. The number of nitro groups is 1. The van der Waals surface area contributed by atoms with E-state index in [1.165, 1.54) is 7.11 Å². The minimum Gasteiger partial charge on any atom is -0.468 e. The van der Waals surface area contributed by atoms with Crippen LogP contribution < -0.4 is 0 Å². The molecule has 5 atom stereocenters. The molecule has 2 heterocycles. The van der Waals surface area contributed by atoms with Crippen LogP contribution in [0.15, 0.2) is 60.7 Å². The molecule has 0 saturated carbocycles. The van der Waals surface area contributed by atoms with Crippen molar-refractivity contribution >= 4 is 5.97 Å². The highest BCUT2D eigenvalue weighted by Crippen LogP contribution is 2.60.